The van der Waals surface area contributed by atoms with Crippen LogP contribution in [0.25, 0.3) is 0 Å². The lowest BCUT2D eigenvalue weighted by Gasteiger charge is -2.38. The Labute approximate surface area is 121 Å². The molecule has 4 heteroatoms. The fourth-order valence-corrected chi connectivity index (χ4v) is 3.51. The van der Waals surface area contributed by atoms with Gasteiger partial charge in [0.2, 0.25) is 0 Å². The zero-order chi connectivity index (χ0) is 13.8. The molecule has 1 heterocycles. The van der Waals surface area contributed by atoms with Gasteiger partial charge in [-0.15, -0.1) is 11.6 Å². The molecule has 2 rings (SSSR count). The highest BCUT2D eigenvalue weighted by atomic mass is 35.5. The summed E-state index contributed by atoms with van der Waals surface area (Å²) in [4.78, 5) is 12.0. The van der Waals surface area contributed by atoms with Gasteiger partial charge in [-0.2, -0.15) is 0 Å². The highest BCUT2D eigenvalue weighted by Crippen LogP contribution is 2.35. The van der Waals surface area contributed by atoms with E-state index in [1.165, 1.54) is 32.1 Å². The maximum atomic E-state index is 12.0. The third kappa shape index (κ3) is 4.35. The van der Waals surface area contributed by atoms with Crippen LogP contribution in [-0.4, -0.2) is 29.7 Å². The lowest BCUT2D eigenvalue weighted by Crippen LogP contribution is -2.43. The lowest BCUT2D eigenvalue weighted by molar-refractivity contribution is -0.173. The number of halogens is 1. The van der Waals surface area contributed by atoms with Crippen molar-refractivity contribution in [3.05, 3.63) is 0 Å². The highest BCUT2D eigenvalue weighted by Gasteiger charge is 2.37. The molecule has 1 aliphatic heterocycles. The summed E-state index contributed by atoms with van der Waals surface area (Å²) in [6, 6.07) is 0. The van der Waals surface area contributed by atoms with Gasteiger partial charge in [0.1, 0.15) is 0 Å². The highest BCUT2D eigenvalue weighted by molar-refractivity contribution is 6.20. The van der Waals surface area contributed by atoms with E-state index in [0.717, 1.165) is 6.42 Å². The first-order valence-electron chi connectivity index (χ1n) is 7.56. The number of ether oxygens (including phenoxy) is 2. The minimum atomic E-state index is -0.467. The lowest BCUT2D eigenvalue weighted by atomic mass is 9.82. The standard InChI is InChI=1S/C15H25ClO3/c1-10(2)18-15(17)14-9-12(16)8-13(19-14)11-6-4-3-5-7-11/h10-14H,3-9H2,1-2H3/t12-,13-,14-/m1/s1. The average molecular weight is 289 g/mol. The largest absolute Gasteiger partial charge is 0.461 e. The quantitative estimate of drug-likeness (QED) is 0.587. The van der Waals surface area contributed by atoms with E-state index in [2.05, 4.69) is 0 Å². The van der Waals surface area contributed by atoms with Crippen LogP contribution >= 0.6 is 11.6 Å². The van der Waals surface area contributed by atoms with Gasteiger partial charge in [0.05, 0.1) is 12.2 Å². The second-order valence-electron chi connectivity index (χ2n) is 6.12. The van der Waals surface area contributed by atoms with Crippen molar-refractivity contribution in [2.75, 3.05) is 0 Å². The van der Waals surface area contributed by atoms with Crippen LogP contribution in [0.15, 0.2) is 0 Å². The van der Waals surface area contributed by atoms with E-state index in [-0.39, 0.29) is 23.6 Å². The molecule has 110 valence electrons. The first kappa shape index (κ1) is 15.1. The Balaban J connectivity index is 1.93. The van der Waals surface area contributed by atoms with Gasteiger partial charge in [-0.3, -0.25) is 0 Å². The molecule has 0 unspecified atom stereocenters. The van der Waals surface area contributed by atoms with Gasteiger partial charge < -0.3 is 9.47 Å². The maximum absolute atomic E-state index is 12.0. The van der Waals surface area contributed by atoms with E-state index in [4.69, 9.17) is 21.1 Å². The van der Waals surface area contributed by atoms with Crippen LogP contribution in [0, 0.1) is 5.92 Å². The third-order valence-corrected chi connectivity index (χ3v) is 4.44. The van der Waals surface area contributed by atoms with Crippen molar-refractivity contribution in [3.63, 3.8) is 0 Å². The molecule has 1 saturated carbocycles. The number of esters is 1. The predicted molar refractivity (Wildman–Crippen MR) is 75.3 cm³/mol. The Kier molecular flexibility index (Phi) is 5.52. The maximum Gasteiger partial charge on any atom is 0.335 e. The van der Waals surface area contributed by atoms with Crippen molar-refractivity contribution >= 4 is 17.6 Å². The van der Waals surface area contributed by atoms with Gasteiger partial charge in [0.15, 0.2) is 6.10 Å². The molecular formula is C15H25ClO3. The summed E-state index contributed by atoms with van der Waals surface area (Å²) < 4.78 is 11.3. The second kappa shape index (κ2) is 6.94. The van der Waals surface area contributed by atoms with Crippen molar-refractivity contribution in [2.45, 2.75) is 82.5 Å². The van der Waals surface area contributed by atoms with Gasteiger partial charge in [-0.05, 0) is 39.0 Å². The van der Waals surface area contributed by atoms with Crippen molar-refractivity contribution in [2.24, 2.45) is 5.92 Å². The van der Waals surface area contributed by atoms with Gasteiger partial charge in [0, 0.05) is 11.8 Å². The first-order chi connectivity index (χ1) is 9.06. The van der Waals surface area contributed by atoms with Crippen molar-refractivity contribution < 1.29 is 14.3 Å². The van der Waals surface area contributed by atoms with Gasteiger partial charge in [-0.1, -0.05) is 19.3 Å². The minimum Gasteiger partial charge on any atom is -0.461 e. The molecule has 0 aromatic carbocycles. The second-order valence-corrected chi connectivity index (χ2v) is 6.73. The molecule has 3 atom stereocenters. The third-order valence-electron chi connectivity index (χ3n) is 4.09. The van der Waals surface area contributed by atoms with E-state index in [9.17, 15) is 4.79 Å². The SMILES string of the molecule is CC(C)OC(=O)[C@H]1C[C@H](Cl)C[C@H](C2CCCCC2)O1. The summed E-state index contributed by atoms with van der Waals surface area (Å²) in [6.45, 7) is 3.72. The molecule has 0 N–H and O–H groups in total. The molecule has 1 aliphatic carbocycles. The summed E-state index contributed by atoms with van der Waals surface area (Å²) in [5.74, 6) is 0.325. The Morgan fingerprint density at radius 1 is 1.21 bits per heavy atom. The Hall–Kier alpha value is -0.280. The zero-order valence-corrected chi connectivity index (χ0v) is 12.7. The number of alkyl halides is 1. The molecule has 1 saturated heterocycles. The van der Waals surface area contributed by atoms with Gasteiger partial charge >= 0.3 is 5.97 Å². The van der Waals surface area contributed by atoms with Crippen LogP contribution in [0.3, 0.4) is 0 Å². The summed E-state index contributed by atoms with van der Waals surface area (Å²) >= 11 is 6.32. The molecule has 0 aromatic rings. The van der Waals surface area contributed by atoms with E-state index in [1.807, 2.05) is 13.8 Å². The summed E-state index contributed by atoms with van der Waals surface area (Å²) in [6.07, 6.45) is 7.32. The Morgan fingerprint density at radius 2 is 1.89 bits per heavy atom. The molecule has 19 heavy (non-hydrogen) atoms. The molecule has 2 aliphatic rings. The fourth-order valence-electron chi connectivity index (χ4n) is 3.17. The Bertz CT molecular complexity index is 300. The molecule has 3 nitrogen and oxygen atoms in total. The van der Waals surface area contributed by atoms with Crippen LogP contribution in [0.2, 0.25) is 0 Å². The number of hydrogen-bond acceptors (Lipinski definition) is 3. The van der Waals surface area contributed by atoms with Crippen LogP contribution in [0.4, 0.5) is 0 Å². The minimum absolute atomic E-state index is 0.0328. The van der Waals surface area contributed by atoms with E-state index in [0.29, 0.717) is 12.3 Å². The molecule has 0 radical (unpaired) electrons. The van der Waals surface area contributed by atoms with Crippen LogP contribution in [-0.2, 0) is 14.3 Å². The molecule has 2 fully saturated rings. The van der Waals surface area contributed by atoms with Gasteiger partial charge in [-0.25, -0.2) is 4.79 Å². The smallest absolute Gasteiger partial charge is 0.335 e. The van der Waals surface area contributed by atoms with E-state index >= 15 is 0 Å². The van der Waals surface area contributed by atoms with Crippen molar-refractivity contribution in [3.8, 4) is 0 Å². The van der Waals surface area contributed by atoms with E-state index < -0.39 is 6.10 Å². The van der Waals surface area contributed by atoms with Crippen molar-refractivity contribution in [1.29, 1.82) is 0 Å². The van der Waals surface area contributed by atoms with Crippen LogP contribution < -0.4 is 0 Å². The van der Waals surface area contributed by atoms with Crippen molar-refractivity contribution in [1.82, 2.24) is 0 Å². The number of rotatable bonds is 3. The monoisotopic (exact) mass is 288 g/mol. The first-order valence-corrected chi connectivity index (χ1v) is 8.00. The number of carbonyl (C=O) groups is 1. The average Bonchev–Trinajstić information content (AvgIpc) is 2.38. The predicted octanol–water partition coefficient (Wildman–Crippen LogP) is 3.67. The number of carbonyl (C=O) groups excluding carboxylic acids is 1. The topological polar surface area (TPSA) is 35.5 Å². The molecule has 0 bridgehead atoms. The molecule has 0 amide bonds. The zero-order valence-electron chi connectivity index (χ0n) is 11.9. The van der Waals surface area contributed by atoms with Crippen LogP contribution in [0.5, 0.6) is 0 Å². The fraction of sp³-hybridized carbons (Fsp3) is 0.933. The summed E-state index contributed by atoms with van der Waals surface area (Å²) in [5, 5.41) is 0.0328. The van der Waals surface area contributed by atoms with E-state index in [1.54, 1.807) is 0 Å². The number of hydrogen-bond donors (Lipinski definition) is 0. The normalized spacial score (nSPS) is 33.4. The molecular weight excluding hydrogens is 264 g/mol. The summed E-state index contributed by atoms with van der Waals surface area (Å²) in [7, 11) is 0. The Morgan fingerprint density at radius 3 is 2.53 bits per heavy atom. The molecule has 0 aromatic heterocycles. The molecule has 0 spiro atoms. The van der Waals surface area contributed by atoms with Gasteiger partial charge in [0.25, 0.3) is 0 Å². The summed E-state index contributed by atoms with van der Waals surface area (Å²) in [5.41, 5.74) is 0. The van der Waals surface area contributed by atoms with Crippen LogP contribution in [0.1, 0.15) is 58.8 Å².